The van der Waals surface area contributed by atoms with Crippen LogP contribution >= 0.6 is 0 Å². The summed E-state index contributed by atoms with van der Waals surface area (Å²) in [6.45, 7) is 9.34. The van der Waals surface area contributed by atoms with Crippen molar-refractivity contribution in [1.29, 1.82) is 0 Å². The average molecular weight is 396 g/mol. The summed E-state index contributed by atoms with van der Waals surface area (Å²) in [6.07, 6.45) is 1.64. The molecule has 8 heteroatoms. The monoisotopic (exact) mass is 396 g/mol. The SMILES string of the molecule is Cc1nn(C)c2cc(-c3noc(C4CCN(C(=O)NC(C)(C)C)CC4)n3)ccc12. The second-order valence-corrected chi connectivity index (χ2v) is 8.84. The van der Waals surface area contributed by atoms with Gasteiger partial charge in [-0.05, 0) is 46.6 Å². The molecule has 1 aromatic carbocycles. The maximum absolute atomic E-state index is 12.3. The third-order valence-corrected chi connectivity index (χ3v) is 5.35. The van der Waals surface area contributed by atoms with E-state index in [-0.39, 0.29) is 17.5 Å². The molecule has 1 aliphatic heterocycles. The lowest BCUT2D eigenvalue weighted by molar-refractivity contribution is 0.167. The quantitative estimate of drug-likeness (QED) is 0.715. The first-order valence-electron chi connectivity index (χ1n) is 10.1. The molecule has 0 radical (unpaired) electrons. The number of aryl methyl sites for hydroxylation is 2. The van der Waals surface area contributed by atoms with Gasteiger partial charge in [-0.1, -0.05) is 17.3 Å². The van der Waals surface area contributed by atoms with Crippen LogP contribution in [-0.4, -0.2) is 49.5 Å². The van der Waals surface area contributed by atoms with Crippen LogP contribution in [0.3, 0.4) is 0 Å². The van der Waals surface area contributed by atoms with E-state index in [2.05, 4.69) is 26.6 Å². The summed E-state index contributed by atoms with van der Waals surface area (Å²) < 4.78 is 7.45. The Morgan fingerprint density at radius 1 is 1.24 bits per heavy atom. The van der Waals surface area contributed by atoms with E-state index in [9.17, 15) is 4.79 Å². The van der Waals surface area contributed by atoms with Gasteiger partial charge in [0.15, 0.2) is 0 Å². The lowest BCUT2D eigenvalue weighted by Crippen LogP contribution is -2.50. The molecule has 1 saturated heterocycles. The fraction of sp³-hybridized carbons (Fsp3) is 0.524. The lowest BCUT2D eigenvalue weighted by atomic mass is 9.97. The van der Waals surface area contributed by atoms with Crippen LogP contribution in [0.15, 0.2) is 22.7 Å². The standard InChI is InChI=1S/C21H28N6O2/c1-13-16-7-6-15(12-17(16)26(5)24-13)18-22-19(29-25-18)14-8-10-27(11-9-14)20(28)23-21(2,3)4/h6-7,12,14H,8-11H2,1-5H3,(H,23,28). The normalized spacial score (nSPS) is 15.8. The molecule has 0 unspecified atom stereocenters. The summed E-state index contributed by atoms with van der Waals surface area (Å²) >= 11 is 0. The van der Waals surface area contributed by atoms with Crippen molar-refractivity contribution in [1.82, 2.24) is 30.1 Å². The number of fused-ring (bicyclic) bond motifs is 1. The molecule has 2 aromatic heterocycles. The Morgan fingerprint density at radius 3 is 2.66 bits per heavy atom. The number of rotatable bonds is 2. The summed E-state index contributed by atoms with van der Waals surface area (Å²) in [7, 11) is 1.93. The molecule has 1 N–H and O–H groups in total. The van der Waals surface area contributed by atoms with Crippen LogP contribution in [0, 0.1) is 6.92 Å². The van der Waals surface area contributed by atoms with Gasteiger partial charge in [0.1, 0.15) is 0 Å². The summed E-state index contributed by atoms with van der Waals surface area (Å²) in [5, 5.41) is 12.8. The molecule has 154 valence electrons. The van der Waals surface area contributed by atoms with Crippen LogP contribution in [-0.2, 0) is 7.05 Å². The Bertz CT molecular complexity index is 1040. The zero-order chi connectivity index (χ0) is 20.8. The number of hydrogen-bond acceptors (Lipinski definition) is 5. The predicted octanol–water partition coefficient (Wildman–Crippen LogP) is 3.62. The van der Waals surface area contributed by atoms with Gasteiger partial charge in [-0.3, -0.25) is 4.68 Å². The predicted molar refractivity (Wildman–Crippen MR) is 111 cm³/mol. The van der Waals surface area contributed by atoms with Crippen LogP contribution < -0.4 is 5.32 Å². The topological polar surface area (TPSA) is 89.1 Å². The van der Waals surface area contributed by atoms with Crippen LogP contribution in [0.25, 0.3) is 22.3 Å². The molecular formula is C21H28N6O2. The molecule has 1 aliphatic rings. The minimum atomic E-state index is -0.233. The fourth-order valence-corrected chi connectivity index (χ4v) is 3.82. The number of carbonyl (C=O) groups is 1. The smallest absolute Gasteiger partial charge is 0.317 e. The van der Waals surface area contributed by atoms with E-state index in [4.69, 9.17) is 4.52 Å². The molecular weight excluding hydrogens is 368 g/mol. The van der Waals surface area contributed by atoms with E-state index >= 15 is 0 Å². The first-order chi connectivity index (χ1) is 13.7. The minimum Gasteiger partial charge on any atom is -0.339 e. The highest BCUT2D eigenvalue weighted by atomic mass is 16.5. The Labute approximate surface area is 170 Å². The fourth-order valence-electron chi connectivity index (χ4n) is 3.82. The lowest BCUT2D eigenvalue weighted by Gasteiger charge is -2.33. The van der Waals surface area contributed by atoms with Crippen LogP contribution in [0.4, 0.5) is 4.79 Å². The van der Waals surface area contributed by atoms with Gasteiger partial charge in [0.05, 0.1) is 11.2 Å². The molecule has 0 aliphatic carbocycles. The van der Waals surface area contributed by atoms with Crippen LogP contribution in [0.5, 0.6) is 0 Å². The number of aromatic nitrogens is 4. The van der Waals surface area contributed by atoms with Crippen molar-refractivity contribution in [3.8, 4) is 11.4 Å². The third kappa shape index (κ3) is 3.97. The Kier molecular flexibility index (Phi) is 4.80. The number of urea groups is 1. The van der Waals surface area contributed by atoms with Crippen LogP contribution in [0.1, 0.15) is 51.1 Å². The van der Waals surface area contributed by atoms with Gasteiger partial charge in [-0.15, -0.1) is 0 Å². The van der Waals surface area contributed by atoms with Crippen molar-refractivity contribution in [2.75, 3.05) is 13.1 Å². The minimum absolute atomic E-state index is 0.0121. The number of benzene rings is 1. The summed E-state index contributed by atoms with van der Waals surface area (Å²) in [5.74, 6) is 1.42. The number of piperidine rings is 1. The molecule has 0 spiro atoms. The average Bonchev–Trinajstić information content (AvgIpc) is 3.26. The van der Waals surface area contributed by atoms with Crippen molar-refractivity contribution < 1.29 is 9.32 Å². The van der Waals surface area contributed by atoms with E-state index in [1.807, 2.05) is 56.5 Å². The molecule has 0 saturated carbocycles. The zero-order valence-electron chi connectivity index (χ0n) is 17.7. The molecule has 0 bridgehead atoms. The largest absolute Gasteiger partial charge is 0.339 e. The number of hydrogen-bond donors (Lipinski definition) is 1. The number of carbonyl (C=O) groups excluding carboxylic acids is 1. The third-order valence-electron chi connectivity index (χ3n) is 5.35. The van der Waals surface area contributed by atoms with E-state index in [1.165, 1.54) is 0 Å². The molecule has 4 rings (SSSR count). The molecule has 1 fully saturated rings. The summed E-state index contributed by atoms with van der Waals surface area (Å²) in [6, 6.07) is 6.09. The van der Waals surface area contributed by atoms with E-state index < -0.39 is 0 Å². The first kappa shape index (κ1) is 19.4. The van der Waals surface area contributed by atoms with Gasteiger partial charge < -0.3 is 14.7 Å². The van der Waals surface area contributed by atoms with Crippen molar-refractivity contribution in [3.63, 3.8) is 0 Å². The maximum atomic E-state index is 12.3. The molecule has 3 heterocycles. The van der Waals surface area contributed by atoms with E-state index in [0.29, 0.717) is 24.8 Å². The molecule has 2 amide bonds. The number of likely N-dealkylation sites (tertiary alicyclic amines) is 1. The van der Waals surface area contributed by atoms with Gasteiger partial charge >= 0.3 is 6.03 Å². The van der Waals surface area contributed by atoms with Crippen molar-refractivity contribution in [3.05, 3.63) is 29.8 Å². The Hall–Kier alpha value is -2.90. The number of amides is 2. The van der Waals surface area contributed by atoms with Gasteiger partial charge in [0, 0.05) is 42.5 Å². The Morgan fingerprint density at radius 2 is 1.97 bits per heavy atom. The van der Waals surface area contributed by atoms with Gasteiger partial charge in [0.2, 0.25) is 11.7 Å². The highest BCUT2D eigenvalue weighted by Gasteiger charge is 2.29. The Balaban J connectivity index is 1.45. The van der Waals surface area contributed by atoms with Crippen LogP contribution in [0.2, 0.25) is 0 Å². The summed E-state index contributed by atoms with van der Waals surface area (Å²) in [5.41, 5.74) is 2.73. The molecule has 29 heavy (non-hydrogen) atoms. The second-order valence-electron chi connectivity index (χ2n) is 8.84. The highest BCUT2D eigenvalue weighted by molar-refractivity contribution is 5.85. The van der Waals surface area contributed by atoms with Gasteiger partial charge in [0.25, 0.3) is 0 Å². The van der Waals surface area contributed by atoms with Crippen molar-refractivity contribution in [2.24, 2.45) is 7.05 Å². The van der Waals surface area contributed by atoms with Crippen molar-refractivity contribution in [2.45, 2.75) is 52.0 Å². The van der Waals surface area contributed by atoms with E-state index in [1.54, 1.807) is 0 Å². The molecule has 8 nitrogen and oxygen atoms in total. The molecule has 3 aromatic rings. The maximum Gasteiger partial charge on any atom is 0.317 e. The second kappa shape index (κ2) is 7.17. The van der Waals surface area contributed by atoms with Gasteiger partial charge in [-0.2, -0.15) is 10.1 Å². The van der Waals surface area contributed by atoms with Gasteiger partial charge in [-0.25, -0.2) is 4.79 Å². The summed E-state index contributed by atoms with van der Waals surface area (Å²) in [4.78, 5) is 18.8. The molecule has 0 atom stereocenters. The number of nitrogens with zero attached hydrogens (tertiary/aromatic N) is 5. The van der Waals surface area contributed by atoms with E-state index in [0.717, 1.165) is 35.0 Å². The van der Waals surface area contributed by atoms with Crippen molar-refractivity contribution >= 4 is 16.9 Å². The first-order valence-corrected chi connectivity index (χ1v) is 10.1. The zero-order valence-corrected chi connectivity index (χ0v) is 17.7. The highest BCUT2D eigenvalue weighted by Crippen LogP contribution is 2.30. The number of nitrogens with one attached hydrogen (secondary N) is 1.